The largest absolute Gasteiger partial charge is 0.368 e. The first-order chi connectivity index (χ1) is 9.74. The molecule has 0 bridgehead atoms. The van der Waals surface area contributed by atoms with E-state index in [1.165, 1.54) is 12.1 Å². The van der Waals surface area contributed by atoms with Crippen molar-refractivity contribution in [2.75, 3.05) is 42.7 Å². The first-order valence-electron chi connectivity index (χ1n) is 6.84. The summed E-state index contributed by atoms with van der Waals surface area (Å²) in [5, 5.41) is 3.22. The van der Waals surface area contributed by atoms with Gasteiger partial charge >= 0.3 is 0 Å². The fourth-order valence-corrected chi connectivity index (χ4v) is 3.54. The van der Waals surface area contributed by atoms with E-state index in [-0.39, 0.29) is 17.8 Å². The van der Waals surface area contributed by atoms with Gasteiger partial charge < -0.3 is 9.80 Å². The number of benzene rings is 1. The van der Waals surface area contributed by atoms with Crippen molar-refractivity contribution < 1.29 is 9.18 Å². The number of hydrogen-bond acceptors (Lipinski definition) is 4. The molecular weight excluding hydrogens is 277 g/mol. The second kappa shape index (κ2) is 6.01. The smallest absolute Gasteiger partial charge is 0.240 e. The predicted octanol–water partition coefficient (Wildman–Crippen LogP) is 1.14. The van der Waals surface area contributed by atoms with Crippen LogP contribution in [0.4, 0.5) is 10.1 Å². The number of hydrogen-bond donors (Lipinski definition) is 1. The van der Waals surface area contributed by atoms with E-state index in [0.717, 1.165) is 43.5 Å². The van der Waals surface area contributed by atoms with Crippen LogP contribution in [-0.2, 0) is 4.79 Å². The molecule has 2 aliphatic heterocycles. The Balaban J connectivity index is 1.56. The Labute approximate surface area is 122 Å². The predicted molar refractivity (Wildman–Crippen MR) is 79.4 cm³/mol. The zero-order valence-electron chi connectivity index (χ0n) is 11.2. The SMILES string of the molecule is O=C(C1CSCN1)N1CCN(c2ccc(F)cc2)CC1. The summed E-state index contributed by atoms with van der Waals surface area (Å²) in [5.74, 6) is 1.74. The molecule has 1 aromatic carbocycles. The molecule has 1 atom stereocenters. The first-order valence-corrected chi connectivity index (χ1v) is 8.00. The van der Waals surface area contributed by atoms with Crippen LogP contribution in [0.25, 0.3) is 0 Å². The number of piperazine rings is 1. The lowest BCUT2D eigenvalue weighted by Crippen LogP contribution is -2.53. The number of halogens is 1. The number of nitrogens with one attached hydrogen (secondary N) is 1. The zero-order chi connectivity index (χ0) is 13.9. The highest BCUT2D eigenvalue weighted by Gasteiger charge is 2.29. The monoisotopic (exact) mass is 295 g/mol. The van der Waals surface area contributed by atoms with Gasteiger partial charge in [-0.15, -0.1) is 11.8 Å². The van der Waals surface area contributed by atoms with E-state index >= 15 is 0 Å². The van der Waals surface area contributed by atoms with E-state index in [9.17, 15) is 9.18 Å². The van der Waals surface area contributed by atoms with Crippen molar-refractivity contribution in [2.45, 2.75) is 6.04 Å². The standard InChI is InChI=1S/C14H18FN3OS/c15-11-1-3-12(4-2-11)17-5-7-18(8-6-17)14(19)13-9-20-10-16-13/h1-4,13,16H,5-10H2. The highest BCUT2D eigenvalue weighted by Crippen LogP contribution is 2.18. The van der Waals surface area contributed by atoms with Gasteiger partial charge in [-0.2, -0.15) is 0 Å². The molecule has 0 aromatic heterocycles. The van der Waals surface area contributed by atoms with Gasteiger partial charge in [-0.3, -0.25) is 10.1 Å². The van der Waals surface area contributed by atoms with Gasteiger partial charge in [0.15, 0.2) is 0 Å². The van der Waals surface area contributed by atoms with Crippen LogP contribution >= 0.6 is 11.8 Å². The molecule has 1 aromatic rings. The summed E-state index contributed by atoms with van der Waals surface area (Å²) in [7, 11) is 0. The number of anilines is 1. The number of rotatable bonds is 2. The Kier molecular flexibility index (Phi) is 4.12. The molecule has 2 fully saturated rings. The molecular formula is C14H18FN3OS. The summed E-state index contributed by atoms with van der Waals surface area (Å²) in [6.45, 7) is 3.08. The van der Waals surface area contributed by atoms with Crippen molar-refractivity contribution in [3.8, 4) is 0 Å². The molecule has 1 unspecified atom stereocenters. The van der Waals surface area contributed by atoms with Crippen molar-refractivity contribution in [1.82, 2.24) is 10.2 Å². The van der Waals surface area contributed by atoms with Crippen molar-refractivity contribution >= 4 is 23.4 Å². The molecule has 3 rings (SSSR count). The van der Waals surface area contributed by atoms with E-state index < -0.39 is 0 Å². The Morgan fingerprint density at radius 3 is 2.50 bits per heavy atom. The maximum atomic E-state index is 12.9. The molecule has 0 saturated carbocycles. The Bertz CT molecular complexity index is 468. The highest BCUT2D eigenvalue weighted by molar-refractivity contribution is 7.99. The summed E-state index contributed by atoms with van der Waals surface area (Å²) in [4.78, 5) is 16.4. The fourth-order valence-electron chi connectivity index (χ4n) is 2.61. The third-order valence-corrected chi connectivity index (χ3v) is 4.74. The molecule has 4 nitrogen and oxygen atoms in total. The van der Waals surface area contributed by atoms with E-state index in [2.05, 4.69) is 10.2 Å². The van der Waals surface area contributed by atoms with Gasteiger partial charge in [0, 0.05) is 43.5 Å². The molecule has 1 amide bonds. The van der Waals surface area contributed by atoms with Gasteiger partial charge in [-0.1, -0.05) is 0 Å². The summed E-state index contributed by atoms with van der Waals surface area (Å²) >= 11 is 1.77. The minimum Gasteiger partial charge on any atom is -0.368 e. The topological polar surface area (TPSA) is 35.6 Å². The molecule has 1 N–H and O–H groups in total. The van der Waals surface area contributed by atoms with Crippen LogP contribution in [0, 0.1) is 5.82 Å². The Morgan fingerprint density at radius 1 is 1.20 bits per heavy atom. The number of carbonyl (C=O) groups excluding carboxylic acids is 1. The van der Waals surface area contributed by atoms with Crippen molar-refractivity contribution in [3.63, 3.8) is 0 Å². The lowest BCUT2D eigenvalue weighted by Gasteiger charge is -2.37. The second-order valence-corrected chi connectivity index (χ2v) is 6.09. The van der Waals surface area contributed by atoms with Crippen molar-refractivity contribution in [1.29, 1.82) is 0 Å². The summed E-state index contributed by atoms with van der Waals surface area (Å²) in [6.07, 6.45) is 0. The summed E-state index contributed by atoms with van der Waals surface area (Å²) in [6, 6.07) is 6.53. The van der Waals surface area contributed by atoms with E-state index in [0.29, 0.717) is 0 Å². The van der Waals surface area contributed by atoms with Gasteiger partial charge in [0.25, 0.3) is 0 Å². The summed E-state index contributed by atoms with van der Waals surface area (Å²) in [5.41, 5.74) is 1.02. The lowest BCUT2D eigenvalue weighted by molar-refractivity contribution is -0.132. The molecule has 0 spiro atoms. The third-order valence-electron chi connectivity index (χ3n) is 3.80. The maximum absolute atomic E-state index is 12.9. The average molecular weight is 295 g/mol. The first kappa shape index (κ1) is 13.7. The molecule has 2 saturated heterocycles. The fraction of sp³-hybridized carbons (Fsp3) is 0.500. The average Bonchev–Trinajstić information content (AvgIpc) is 3.02. The Hall–Kier alpha value is -1.27. The van der Waals surface area contributed by atoms with Crippen LogP contribution in [0.2, 0.25) is 0 Å². The molecule has 2 aliphatic rings. The molecule has 20 heavy (non-hydrogen) atoms. The second-order valence-electron chi connectivity index (χ2n) is 5.06. The van der Waals surface area contributed by atoms with Crippen molar-refractivity contribution in [2.24, 2.45) is 0 Å². The van der Waals surface area contributed by atoms with E-state index in [1.54, 1.807) is 23.9 Å². The van der Waals surface area contributed by atoms with Crippen LogP contribution in [0.1, 0.15) is 0 Å². The molecule has 0 aliphatic carbocycles. The molecule has 2 heterocycles. The van der Waals surface area contributed by atoms with Crippen LogP contribution in [0.5, 0.6) is 0 Å². The minimum absolute atomic E-state index is 0.0163. The lowest BCUT2D eigenvalue weighted by atomic mass is 10.2. The van der Waals surface area contributed by atoms with Gasteiger partial charge in [-0.05, 0) is 24.3 Å². The molecule has 0 radical (unpaired) electrons. The van der Waals surface area contributed by atoms with E-state index in [4.69, 9.17) is 0 Å². The molecule has 6 heteroatoms. The molecule has 108 valence electrons. The van der Waals surface area contributed by atoms with Crippen molar-refractivity contribution in [3.05, 3.63) is 30.1 Å². The van der Waals surface area contributed by atoms with Crippen LogP contribution in [0.15, 0.2) is 24.3 Å². The van der Waals surface area contributed by atoms with Gasteiger partial charge in [0.2, 0.25) is 5.91 Å². The summed E-state index contributed by atoms with van der Waals surface area (Å²) < 4.78 is 12.9. The van der Waals surface area contributed by atoms with Crippen LogP contribution < -0.4 is 10.2 Å². The normalized spacial score (nSPS) is 23.1. The Morgan fingerprint density at radius 2 is 1.90 bits per heavy atom. The number of amides is 1. The van der Waals surface area contributed by atoms with E-state index in [1.807, 2.05) is 4.90 Å². The number of carbonyl (C=O) groups is 1. The third kappa shape index (κ3) is 2.91. The maximum Gasteiger partial charge on any atom is 0.240 e. The minimum atomic E-state index is -0.215. The van der Waals surface area contributed by atoms with Crippen LogP contribution in [-0.4, -0.2) is 54.7 Å². The number of nitrogens with zero attached hydrogens (tertiary/aromatic N) is 2. The quantitative estimate of drug-likeness (QED) is 0.887. The number of thioether (sulfide) groups is 1. The van der Waals surface area contributed by atoms with Crippen LogP contribution in [0.3, 0.4) is 0 Å². The van der Waals surface area contributed by atoms with Gasteiger partial charge in [-0.25, -0.2) is 4.39 Å². The van der Waals surface area contributed by atoms with Gasteiger partial charge in [0.05, 0.1) is 6.04 Å². The highest BCUT2D eigenvalue weighted by atomic mass is 32.2. The van der Waals surface area contributed by atoms with Gasteiger partial charge in [0.1, 0.15) is 5.82 Å². The zero-order valence-corrected chi connectivity index (χ0v) is 12.0.